The highest BCUT2D eigenvalue weighted by molar-refractivity contribution is 9.10. The summed E-state index contributed by atoms with van der Waals surface area (Å²) in [6.45, 7) is 4.63. The van der Waals surface area contributed by atoms with Crippen molar-refractivity contribution < 1.29 is 9.53 Å². The minimum absolute atomic E-state index is 0.215. The molecular weight excluding hydrogens is 468 g/mol. The van der Waals surface area contributed by atoms with Crippen LogP contribution in [-0.2, 0) is 0 Å². The lowest BCUT2D eigenvalue weighted by atomic mass is 10.2. The fourth-order valence-electron chi connectivity index (χ4n) is 1.95. The molecule has 2 aromatic carbocycles. The number of thiocarbonyl (C=S) groups is 1. The molecule has 2 N–H and O–H groups in total. The minimum atomic E-state index is -0.329. The maximum Gasteiger partial charge on any atom is 0.261 e. The molecule has 0 bridgehead atoms. The van der Waals surface area contributed by atoms with Gasteiger partial charge in [-0.3, -0.25) is 10.1 Å². The van der Waals surface area contributed by atoms with Crippen LogP contribution >= 0.6 is 44.1 Å². The molecule has 25 heavy (non-hydrogen) atoms. The SMILES string of the molecule is CC(C)COc1ccc(Br)cc1C(=O)NC(=S)Nc1ccccc1Br. The highest BCUT2D eigenvalue weighted by Crippen LogP contribution is 2.24. The van der Waals surface area contributed by atoms with Crippen molar-refractivity contribution in [3.05, 3.63) is 57.0 Å². The second kappa shape index (κ2) is 9.31. The Morgan fingerprint density at radius 2 is 1.92 bits per heavy atom. The molecule has 0 fully saturated rings. The number of amides is 1. The summed E-state index contributed by atoms with van der Waals surface area (Å²) in [5, 5.41) is 5.90. The van der Waals surface area contributed by atoms with Gasteiger partial charge in [0.25, 0.3) is 5.91 Å². The Morgan fingerprint density at radius 3 is 2.60 bits per heavy atom. The molecule has 4 nitrogen and oxygen atoms in total. The molecule has 0 heterocycles. The highest BCUT2D eigenvalue weighted by Gasteiger charge is 2.15. The molecule has 0 atom stereocenters. The third-order valence-electron chi connectivity index (χ3n) is 3.11. The number of halogens is 2. The predicted molar refractivity (Wildman–Crippen MR) is 112 cm³/mol. The van der Waals surface area contributed by atoms with Gasteiger partial charge < -0.3 is 10.1 Å². The van der Waals surface area contributed by atoms with Crippen LogP contribution in [0.2, 0.25) is 0 Å². The largest absolute Gasteiger partial charge is 0.492 e. The molecule has 2 aromatic rings. The number of ether oxygens (including phenoxy) is 1. The maximum atomic E-state index is 12.6. The third kappa shape index (κ3) is 6.09. The lowest BCUT2D eigenvalue weighted by Gasteiger charge is -2.15. The smallest absolute Gasteiger partial charge is 0.261 e. The molecule has 0 spiro atoms. The number of para-hydroxylation sites is 1. The van der Waals surface area contributed by atoms with Crippen molar-refractivity contribution in [3.8, 4) is 5.75 Å². The zero-order chi connectivity index (χ0) is 18.4. The first-order valence-corrected chi connectivity index (χ1v) is 9.65. The van der Waals surface area contributed by atoms with E-state index in [0.717, 1.165) is 14.6 Å². The molecular formula is C18H18Br2N2O2S. The highest BCUT2D eigenvalue weighted by atomic mass is 79.9. The first kappa shape index (κ1) is 19.9. The Kier molecular flexibility index (Phi) is 7.40. The van der Waals surface area contributed by atoms with Gasteiger partial charge in [0.05, 0.1) is 17.9 Å². The normalized spacial score (nSPS) is 10.4. The number of carbonyl (C=O) groups excluding carboxylic acids is 1. The van der Waals surface area contributed by atoms with Crippen molar-refractivity contribution in [2.75, 3.05) is 11.9 Å². The van der Waals surface area contributed by atoms with Gasteiger partial charge in [-0.1, -0.05) is 41.9 Å². The van der Waals surface area contributed by atoms with Crippen LogP contribution in [0.4, 0.5) is 5.69 Å². The van der Waals surface area contributed by atoms with E-state index in [1.54, 1.807) is 12.1 Å². The summed E-state index contributed by atoms with van der Waals surface area (Å²) in [6.07, 6.45) is 0. The van der Waals surface area contributed by atoms with E-state index in [1.165, 1.54) is 0 Å². The summed E-state index contributed by atoms with van der Waals surface area (Å²) in [5.74, 6) is 0.556. The maximum absolute atomic E-state index is 12.6. The Hall–Kier alpha value is -1.44. The van der Waals surface area contributed by atoms with E-state index in [4.69, 9.17) is 17.0 Å². The van der Waals surface area contributed by atoms with E-state index in [-0.39, 0.29) is 11.0 Å². The second-order valence-electron chi connectivity index (χ2n) is 5.73. The Labute approximate surface area is 169 Å². The number of hydrogen-bond acceptors (Lipinski definition) is 3. The van der Waals surface area contributed by atoms with Crippen LogP contribution in [0.3, 0.4) is 0 Å². The lowest BCUT2D eigenvalue weighted by molar-refractivity contribution is 0.0973. The van der Waals surface area contributed by atoms with E-state index in [2.05, 4.69) is 56.3 Å². The van der Waals surface area contributed by atoms with Gasteiger partial charge in [-0.15, -0.1) is 0 Å². The first-order chi connectivity index (χ1) is 11.9. The number of carbonyl (C=O) groups is 1. The summed E-state index contributed by atoms with van der Waals surface area (Å²) in [6, 6.07) is 12.8. The van der Waals surface area contributed by atoms with Crippen molar-refractivity contribution in [2.24, 2.45) is 5.92 Å². The van der Waals surface area contributed by atoms with Gasteiger partial charge >= 0.3 is 0 Å². The number of hydrogen-bond donors (Lipinski definition) is 2. The predicted octanol–water partition coefficient (Wildman–Crippen LogP) is 5.37. The van der Waals surface area contributed by atoms with E-state index in [1.807, 2.05) is 30.3 Å². The molecule has 0 aliphatic carbocycles. The van der Waals surface area contributed by atoms with E-state index >= 15 is 0 Å². The van der Waals surface area contributed by atoms with Crippen LogP contribution < -0.4 is 15.4 Å². The van der Waals surface area contributed by atoms with Gasteiger partial charge in [0, 0.05) is 8.95 Å². The summed E-state index contributed by atoms with van der Waals surface area (Å²) >= 11 is 12.1. The zero-order valence-corrected chi connectivity index (χ0v) is 17.8. The summed E-state index contributed by atoms with van der Waals surface area (Å²) in [5.41, 5.74) is 1.20. The van der Waals surface area contributed by atoms with Crippen molar-refractivity contribution >= 4 is 60.8 Å². The molecule has 0 aliphatic rings. The van der Waals surface area contributed by atoms with Crippen molar-refractivity contribution in [1.82, 2.24) is 5.32 Å². The number of rotatable bonds is 5. The molecule has 2 rings (SSSR count). The first-order valence-electron chi connectivity index (χ1n) is 7.66. The Balaban J connectivity index is 2.10. The van der Waals surface area contributed by atoms with Crippen LogP contribution in [0.15, 0.2) is 51.4 Å². The zero-order valence-electron chi connectivity index (χ0n) is 13.8. The van der Waals surface area contributed by atoms with Gasteiger partial charge in [-0.05, 0) is 64.4 Å². The van der Waals surface area contributed by atoms with E-state index in [0.29, 0.717) is 23.8 Å². The van der Waals surface area contributed by atoms with Crippen LogP contribution in [0.1, 0.15) is 24.2 Å². The van der Waals surface area contributed by atoms with Gasteiger partial charge in [0.15, 0.2) is 5.11 Å². The van der Waals surface area contributed by atoms with Crippen LogP contribution in [0.25, 0.3) is 0 Å². The molecule has 1 amide bonds. The van der Waals surface area contributed by atoms with Crippen molar-refractivity contribution in [3.63, 3.8) is 0 Å². The van der Waals surface area contributed by atoms with Gasteiger partial charge in [0.1, 0.15) is 5.75 Å². The fraction of sp³-hybridized carbons (Fsp3) is 0.222. The minimum Gasteiger partial charge on any atom is -0.492 e. The number of benzene rings is 2. The molecule has 7 heteroatoms. The van der Waals surface area contributed by atoms with Crippen molar-refractivity contribution in [2.45, 2.75) is 13.8 Å². The molecule has 0 radical (unpaired) electrons. The van der Waals surface area contributed by atoms with Crippen LogP contribution in [0, 0.1) is 5.92 Å². The summed E-state index contributed by atoms with van der Waals surface area (Å²) in [4.78, 5) is 12.6. The quantitative estimate of drug-likeness (QED) is 0.558. The van der Waals surface area contributed by atoms with Gasteiger partial charge in [0.2, 0.25) is 0 Å². The Bertz CT molecular complexity index is 781. The topological polar surface area (TPSA) is 50.4 Å². The van der Waals surface area contributed by atoms with Crippen LogP contribution in [-0.4, -0.2) is 17.6 Å². The lowest BCUT2D eigenvalue weighted by Crippen LogP contribution is -2.34. The molecule has 132 valence electrons. The van der Waals surface area contributed by atoms with Gasteiger partial charge in [-0.2, -0.15) is 0 Å². The second-order valence-corrected chi connectivity index (χ2v) is 7.91. The number of nitrogens with one attached hydrogen (secondary N) is 2. The van der Waals surface area contributed by atoms with E-state index < -0.39 is 0 Å². The monoisotopic (exact) mass is 484 g/mol. The third-order valence-corrected chi connectivity index (χ3v) is 4.50. The standard InChI is InChI=1S/C18H18Br2N2O2S/c1-11(2)10-24-16-8-7-12(19)9-13(16)17(23)22-18(25)21-15-6-4-3-5-14(15)20/h3-9,11H,10H2,1-2H3,(H2,21,22,23,25). The molecule has 0 saturated heterocycles. The summed E-state index contributed by atoms with van der Waals surface area (Å²) in [7, 11) is 0. The van der Waals surface area contributed by atoms with Gasteiger partial charge in [-0.25, -0.2) is 0 Å². The fourth-order valence-corrected chi connectivity index (χ4v) is 2.90. The molecule has 0 aromatic heterocycles. The van der Waals surface area contributed by atoms with Crippen LogP contribution in [0.5, 0.6) is 5.75 Å². The Morgan fingerprint density at radius 1 is 1.20 bits per heavy atom. The van der Waals surface area contributed by atoms with E-state index in [9.17, 15) is 4.79 Å². The molecule has 0 aliphatic heterocycles. The number of anilines is 1. The average molecular weight is 486 g/mol. The average Bonchev–Trinajstić information content (AvgIpc) is 2.55. The molecule has 0 saturated carbocycles. The molecule has 0 unspecified atom stereocenters. The summed E-state index contributed by atoms with van der Waals surface area (Å²) < 4.78 is 7.39. The van der Waals surface area contributed by atoms with Crippen molar-refractivity contribution in [1.29, 1.82) is 0 Å².